The van der Waals surface area contributed by atoms with Crippen LogP contribution in [-0.2, 0) is 10.8 Å². The highest BCUT2D eigenvalue weighted by atomic mass is 28.4. The van der Waals surface area contributed by atoms with Gasteiger partial charge in [-0.2, -0.15) is 0 Å². The van der Waals surface area contributed by atoms with Crippen LogP contribution in [0.4, 0.5) is 0 Å². The number of aromatic amines is 2. The van der Waals surface area contributed by atoms with Gasteiger partial charge in [0.15, 0.2) is 8.32 Å². The van der Waals surface area contributed by atoms with Crippen molar-refractivity contribution in [1.29, 1.82) is 0 Å². The first-order valence-electron chi connectivity index (χ1n) is 6.08. The van der Waals surface area contributed by atoms with E-state index in [1.807, 2.05) is 0 Å². The van der Waals surface area contributed by atoms with E-state index in [0.717, 1.165) is 0 Å². The van der Waals surface area contributed by atoms with Crippen LogP contribution in [0, 0.1) is 0 Å². The molecule has 0 aliphatic heterocycles. The van der Waals surface area contributed by atoms with Gasteiger partial charge in [0.1, 0.15) is 0 Å². The molecule has 0 amide bonds. The van der Waals surface area contributed by atoms with Crippen molar-refractivity contribution >= 4 is 8.32 Å². The Labute approximate surface area is 108 Å². The van der Waals surface area contributed by atoms with Crippen LogP contribution in [0.1, 0.15) is 26.3 Å². The lowest BCUT2D eigenvalue weighted by atomic mass is 10.2. The molecule has 0 atom stereocenters. The minimum absolute atomic E-state index is 0.157. The fourth-order valence-corrected chi connectivity index (χ4v) is 2.30. The van der Waals surface area contributed by atoms with Gasteiger partial charge in [-0.25, -0.2) is 4.79 Å². The van der Waals surface area contributed by atoms with Crippen LogP contribution in [0.15, 0.2) is 15.8 Å². The molecule has 102 valence electrons. The van der Waals surface area contributed by atoms with E-state index in [-0.39, 0.29) is 10.6 Å². The molecule has 0 bridgehead atoms. The van der Waals surface area contributed by atoms with E-state index in [0.29, 0.717) is 18.6 Å². The van der Waals surface area contributed by atoms with Crippen molar-refractivity contribution in [3.05, 3.63) is 32.6 Å². The van der Waals surface area contributed by atoms with Crippen molar-refractivity contribution in [2.75, 3.05) is 6.61 Å². The normalized spacial score (nSPS) is 12.7. The molecule has 0 radical (unpaired) electrons. The topological polar surface area (TPSA) is 75.0 Å². The molecular formula is C12H22N2O3Si. The fraction of sp³-hybridized carbons (Fsp3) is 0.667. The van der Waals surface area contributed by atoms with Gasteiger partial charge < -0.3 is 9.41 Å². The molecule has 6 heteroatoms. The van der Waals surface area contributed by atoms with Crippen LogP contribution in [0.2, 0.25) is 18.1 Å². The van der Waals surface area contributed by atoms with E-state index in [1.165, 1.54) is 6.20 Å². The highest BCUT2D eigenvalue weighted by Gasteiger charge is 2.36. The molecular weight excluding hydrogens is 248 g/mol. The van der Waals surface area contributed by atoms with E-state index >= 15 is 0 Å². The van der Waals surface area contributed by atoms with Gasteiger partial charge in [-0.1, -0.05) is 20.8 Å². The first-order valence-corrected chi connectivity index (χ1v) is 8.99. The lowest BCUT2D eigenvalue weighted by molar-refractivity contribution is 0.291. The summed E-state index contributed by atoms with van der Waals surface area (Å²) >= 11 is 0. The monoisotopic (exact) mass is 270 g/mol. The Morgan fingerprint density at radius 2 is 1.89 bits per heavy atom. The molecule has 0 saturated heterocycles. The van der Waals surface area contributed by atoms with Crippen LogP contribution in [-0.4, -0.2) is 24.9 Å². The highest BCUT2D eigenvalue weighted by Crippen LogP contribution is 2.36. The van der Waals surface area contributed by atoms with Gasteiger partial charge in [-0.05, 0) is 18.1 Å². The molecule has 0 aliphatic carbocycles. The number of hydrogen-bond acceptors (Lipinski definition) is 3. The maximum Gasteiger partial charge on any atom is 0.325 e. The summed E-state index contributed by atoms with van der Waals surface area (Å²) < 4.78 is 5.98. The lowest BCUT2D eigenvalue weighted by Gasteiger charge is -2.36. The van der Waals surface area contributed by atoms with E-state index in [2.05, 4.69) is 43.8 Å². The second kappa shape index (κ2) is 5.24. The Morgan fingerprint density at radius 3 is 2.39 bits per heavy atom. The summed E-state index contributed by atoms with van der Waals surface area (Å²) in [5.41, 5.74) is -0.264. The van der Waals surface area contributed by atoms with Gasteiger partial charge in [0.25, 0.3) is 5.56 Å². The van der Waals surface area contributed by atoms with Gasteiger partial charge in [0.2, 0.25) is 0 Å². The van der Waals surface area contributed by atoms with Crippen LogP contribution < -0.4 is 11.2 Å². The molecule has 0 saturated carbocycles. The van der Waals surface area contributed by atoms with Gasteiger partial charge in [-0.3, -0.25) is 9.78 Å². The van der Waals surface area contributed by atoms with Crippen molar-refractivity contribution in [2.45, 2.75) is 45.3 Å². The summed E-state index contributed by atoms with van der Waals surface area (Å²) in [6, 6.07) is 0. The zero-order valence-corrected chi connectivity index (χ0v) is 12.7. The average Bonchev–Trinajstić information content (AvgIpc) is 2.19. The zero-order valence-electron chi connectivity index (χ0n) is 11.7. The molecule has 0 spiro atoms. The van der Waals surface area contributed by atoms with Crippen molar-refractivity contribution in [3.63, 3.8) is 0 Å². The van der Waals surface area contributed by atoms with Crippen molar-refractivity contribution < 1.29 is 4.43 Å². The van der Waals surface area contributed by atoms with Gasteiger partial charge >= 0.3 is 5.69 Å². The summed E-state index contributed by atoms with van der Waals surface area (Å²) in [7, 11) is -1.77. The Kier molecular flexibility index (Phi) is 4.34. The number of rotatable bonds is 4. The zero-order chi connectivity index (χ0) is 14.0. The molecule has 1 aromatic rings. The summed E-state index contributed by atoms with van der Waals surface area (Å²) in [6.07, 6.45) is 1.97. The van der Waals surface area contributed by atoms with Crippen LogP contribution in [0.3, 0.4) is 0 Å². The Hall–Kier alpha value is -1.14. The smallest absolute Gasteiger partial charge is 0.325 e. The third-order valence-corrected chi connectivity index (χ3v) is 8.07. The largest absolute Gasteiger partial charge is 0.416 e. The first-order chi connectivity index (χ1) is 8.13. The molecule has 18 heavy (non-hydrogen) atoms. The molecule has 5 nitrogen and oxygen atoms in total. The Morgan fingerprint density at radius 1 is 1.28 bits per heavy atom. The Balaban J connectivity index is 2.62. The fourth-order valence-electron chi connectivity index (χ4n) is 1.26. The van der Waals surface area contributed by atoms with E-state index in [1.54, 1.807) is 0 Å². The predicted molar refractivity (Wildman–Crippen MR) is 74.5 cm³/mol. The highest BCUT2D eigenvalue weighted by molar-refractivity contribution is 6.74. The third-order valence-electron chi connectivity index (χ3n) is 3.54. The average molecular weight is 270 g/mol. The molecule has 0 aromatic carbocycles. The molecule has 0 fully saturated rings. The van der Waals surface area contributed by atoms with E-state index in [4.69, 9.17) is 4.43 Å². The van der Waals surface area contributed by atoms with Gasteiger partial charge in [0, 0.05) is 24.8 Å². The molecule has 2 N–H and O–H groups in total. The predicted octanol–water partition coefficient (Wildman–Crippen LogP) is 1.63. The van der Waals surface area contributed by atoms with Crippen molar-refractivity contribution in [2.24, 2.45) is 0 Å². The van der Waals surface area contributed by atoms with Gasteiger partial charge in [-0.15, -0.1) is 0 Å². The number of nitrogens with one attached hydrogen (secondary N) is 2. The summed E-state index contributed by atoms with van der Waals surface area (Å²) in [6.45, 7) is 11.4. The Bertz CT molecular complexity index is 511. The maximum absolute atomic E-state index is 11.5. The molecule has 1 heterocycles. The van der Waals surface area contributed by atoms with Crippen molar-refractivity contribution in [1.82, 2.24) is 9.97 Å². The lowest BCUT2D eigenvalue weighted by Crippen LogP contribution is -2.41. The maximum atomic E-state index is 11.5. The second-order valence-corrected chi connectivity index (χ2v) is 10.8. The molecule has 0 unspecified atom stereocenters. The summed E-state index contributed by atoms with van der Waals surface area (Å²) in [5.74, 6) is 0. The number of hydrogen-bond donors (Lipinski definition) is 2. The molecule has 1 aromatic heterocycles. The molecule has 0 aliphatic rings. The van der Waals surface area contributed by atoms with Crippen LogP contribution in [0.25, 0.3) is 0 Å². The van der Waals surface area contributed by atoms with Crippen molar-refractivity contribution in [3.8, 4) is 0 Å². The first kappa shape index (κ1) is 14.9. The quantitative estimate of drug-likeness (QED) is 0.817. The van der Waals surface area contributed by atoms with Crippen LogP contribution >= 0.6 is 0 Å². The standard InChI is InChI=1S/C12H22N2O3Si/c1-12(2,3)18(4,5)17-7-6-9-8-13-11(16)14-10(9)15/h8H,6-7H2,1-5H3,(H2,13,14,15,16). The third kappa shape index (κ3) is 3.68. The van der Waals surface area contributed by atoms with E-state index in [9.17, 15) is 9.59 Å². The SMILES string of the molecule is CC(C)(C)[Si](C)(C)OCCc1c[nH]c(=O)[nH]c1=O. The van der Waals surface area contributed by atoms with Gasteiger partial charge in [0.05, 0.1) is 0 Å². The summed E-state index contributed by atoms with van der Waals surface area (Å²) in [5, 5.41) is 0.157. The number of aromatic nitrogens is 2. The second-order valence-electron chi connectivity index (χ2n) is 5.96. The van der Waals surface area contributed by atoms with E-state index < -0.39 is 14.0 Å². The van der Waals surface area contributed by atoms with Crippen LogP contribution in [0.5, 0.6) is 0 Å². The summed E-state index contributed by atoms with van der Waals surface area (Å²) in [4.78, 5) is 27.0. The molecule has 1 rings (SSSR count). The minimum atomic E-state index is -1.77. The number of H-pyrrole nitrogens is 2. The minimum Gasteiger partial charge on any atom is -0.416 e.